The number of fused-ring (bicyclic) bond motifs is 5. The van der Waals surface area contributed by atoms with E-state index < -0.39 is 11.8 Å². The number of benzene rings is 3. The number of ether oxygens (including phenoxy) is 1. The molecule has 28 heavy (non-hydrogen) atoms. The van der Waals surface area contributed by atoms with E-state index in [1.54, 1.807) is 0 Å². The highest BCUT2D eigenvalue weighted by Crippen LogP contribution is 2.52. The van der Waals surface area contributed by atoms with Gasteiger partial charge in [-0.3, -0.25) is 4.90 Å². The standard InChI is InChI=1S/C24H22N2O2/c1-2-28-22-24(25-23(27)26(22)16-17-10-4-3-5-11-17)20-14-8-6-12-18(20)19-13-7-9-15-21(19)24/h3-15,22H,2,16H2,1H3,(H,25,27). The molecule has 1 spiro atoms. The van der Waals surface area contributed by atoms with Crippen LogP contribution in [0.3, 0.4) is 0 Å². The molecule has 0 saturated carbocycles. The predicted molar refractivity (Wildman–Crippen MR) is 109 cm³/mol. The maximum Gasteiger partial charge on any atom is 0.320 e. The Kier molecular flexibility index (Phi) is 3.95. The minimum atomic E-state index is -0.699. The number of urea groups is 1. The molecule has 1 aliphatic carbocycles. The van der Waals surface area contributed by atoms with Gasteiger partial charge in [0, 0.05) is 6.61 Å². The zero-order valence-electron chi connectivity index (χ0n) is 15.8. The van der Waals surface area contributed by atoms with Crippen LogP contribution in [0, 0.1) is 0 Å². The lowest BCUT2D eigenvalue weighted by Crippen LogP contribution is -2.48. The third kappa shape index (κ3) is 2.31. The van der Waals surface area contributed by atoms with Crippen LogP contribution in [-0.4, -0.2) is 23.8 Å². The van der Waals surface area contributed by atoms with E-state index >= 15 is 0 Å². The molecular weight excluding hydrogens is 348 g/mol. The summed E-state index contributed by atoms with van der Waals surface area (Å²) in [6, 6.07) is 26.6. The molecule has 1 unspecified atom stereocenters. The van der Waals surface area contributed by atoms with Crippen LogP contribution in [0.5, 0.6) is 0 Å². The van der Waals surface area contributed by atoms with Gasteiger partial charge in [0.05, 0.1) is 6.54 Å². The van der Waals surface area contributed by atoms with Gasteiger partial charge in [-0.25, -0.2) is 4.79 Å². The minimum Gasteiger partial charge on any atom is -0.355 e. The molecule has 1 aliphatic heterocycles. The minimum absolute atomic E-state index is 0.103. The number of nitrogens with zero attached hydrogens (tertiary/aromatic N) is 1. The second-order valence-electron chi connectivity index (χ2n) is 7.25. The van der Waals surface area contributed by atoms with Crippen molar-refractivity contribution in [2.75, 3.05) is 6.61 Å². The number of nitrogens with one attached hydrogen (secondary N) is 1. The maximum atomic E-state index is 13.2. The quantitative estimate of drug-likeness (QED) is 0.735. The lowest BCUT2D eigenvalue weighted by atomic mass is 9.86. The smallest absolute Gasteiger partial charge is 0.320 e. The molecule has 4 heteroatoms. The fourth-order valence-electron chi connectivity index (χ4n) is 4.62. The lowest BCUT2D eigenvalue weighted by Gasteiger charge is -2.35. The van der Waals surface area contributed by atoms with Gasteiger partial charge in [-0.2, -0.15) is 0 Å². The summed E-state index contributed by atoms with van der Waals surface area (Å²) in [5.41, 5.74) is 4.89. The summed E-state index contributed by atoms with van der Waals surface area (Å²) in [5, 5.41) is 3.31. The van der Waals surface area contributed by atoms with E-state index in [-0.39, 0.29) is 6.03 Å². The average molecular weight is 370 g/mol. The third-order valence-electron chi connectivity index (χ3n) is 5.73. The first-order chi connectivity index (χ1) is 13.8. The van der Waals surface area contributed by atoms with Gasteiger partial charge < -0.3 is 10.1 Å². The van der Waals surface area contributed by atoms with Crippen molar-refractivity contribution < 1.29 is 9.53 Å². The van der Waals surface area contributed by atoms with E-state index in [1.807, 2.05) is 66.4 Å². The van der Waals surface area contributed by atoms with E-state index in [1.165, 1.54) is 0 Å². The summed E-state index contributed by atoms with van der Waals surface area (Å²) in [5.74, 6) is 0. The molecule has 1 heterocycles. The van der Waals surface area contributed by atoms with Crippen molar-refractivity contribution >= 4 is 6.03 Å². The van der Waals surface area contributed by atoms with E-state index in [9.17, 15) is 4.79 Å². The summed E-state index contributed by atoms with van der Waals surface area (Å²) < 4.78 is 6.25. The normalized spacial score (nSPS) is 18.8. The monoisotopic (exact) mass is 370 g/mol. The van der Waals surface area contributed by atoms with Gasteiger partial charge in [-0.1, -0.05) is 78.9 Å². The van der Waals surface area contributed by atoms with Gasteiger partial charge in [0.15, 0.2) is 6.23 Å². The molecule has 3 aromatic rings. The Morgan fingerprint density at radius 2 is 1.46 bits per heavy atom. The molecule has 1 saturated heterocycles. The highest BCUT2D eigenvalue weighted by molar-refractivity contribution is 5.88. The van der Waals surface area contributed by atoms with Gasteiger partial charge in [0.25, 0.3) is 0 Å². The van der Waals surface area contributed by atoms with Gasteiger partial charge in [-0.15, -0.1) is 0 Å². The Morgan fingerprint density at radius 3 is 2.07 bits per heavy atom. The molecule has 3 aromatic carbocycles. The Labute approximate surface area is 164 Å². The molecular formula is C24H22N2O2. The van der Waals surface area contributed by atoms with Crippen molar-refractivity contribution in [2.24, 2.45) is 0 Å². The van der Waals surface area contributed by atoms with Crippen LogP contribution >= 0.6 is 0 Å². The van der Waals surface area contributed by atoms with Gasteiger partial charge in [0.2, 0.25) is 0 Å². The van der Waals surface area contributed by atoms with E-state index in [4.69, 9.17) is 4.74 Å². The molecule has 0 radical (unpaired) electrons. The zero-order chi connectivity index (χ0) is 19.1. The Bertz CT molecular complexity index is 986. The number of hydrogen-bond donors (Lipinski definition) is 1. The fourth-order valence-corrected chi connectivity index (χ4v) is 4.62. The number of carbonyl (C=O) groups excluding carboxylic acids is 1. The maximum absolute atomic E-state index is 13.2. The van der Waals surface area contributed by atoms with Crippen LogP contribution in [-0.2, 0) is 16.8 Å². The summed E-state index contributed by atoms with van der Waals surface area (Å²) in [7, 11) is 0. The molecule has 140 valence electrons. The van der Waals surface area contributed by atoms with Crippen molar-refractivity contribution in [3.8, 4) is 11.1 Å². The average Bonchev–Trinajstić information content (AvgIpc) is 3.17. The van der Waals surface area contributed by atoms with Crippen molar-refractivity contribution in [3.63, 3.8) is 0 Å². The number of carbonyl (C=O) groups is 1. The number of amides is 2. The van der Waals surface area contributed by atoms with E-state index in [2.05, 4.69) is 29.6 Å². The second kappa shape index (κ2) is 6.50. The third-order valence-corrected chi connectivity index (χ3v) is 5.73. The molecule has 5 rings (SSSR count). The Balaban J connectivity index is 1.67. The van der Waals surface area contributed by atoms with Crippen molar-refractivity contribution in [3.05, 3.63) is 95.6 Å². The molecule has 0 bridgehead atoms. The fraction of sp³-hybridized carbons (Fsp3) is 0.208. The Morgan fingerprint density at radius 1 is 0.893 bits per heavy atom. The van der Waals surface area contributed by atoms with Gasteiger partial charge in [0.1, 0.15) is 5.54 Å². The number of hydrogen-bond acceptors (Lipinski definition) is 2. The van der Waals surface area contributed by atoms with Crippen LogP contribution in [0.25, 0.3) is 11.1 Å². The van der Waals surface area contributed by atoms with E-state index in [0.717, 1.165) is 27.8 Å². The molecule has 1 N–H and O–H groups in total. The van der Waals surface area contributed by atoms with Crippen LogP contribution in [0.1, 0.15) is 23.6 Å². The van der Waals surface area contributed by atoms with Crippen LogP contribution in [0.4, 0.5) is 4.79 Å². The molecule has 2 aliphatic rings. The number of rotatable bonds is 4. The highest BCUT2D eigenvalue weighted by atomic mass is 16.5. The first-order valence-corrected chi connectivity index (χ1v) is 9.69. The molecule has 0 aromatic heterocycles. The van der Waals surface area contributed by atoms with Crippen LogP contribution < -0.4 is 5.32 Å². The molecule has 1 fully saturated rings. The van der Waals surface area contributed by atoms with Crippen LogP contribution in [0.15, 0.2) is 78.9 Å². The van der Waals surface area contributed by atoms with Gasteiger partial charge in [-0.05, 0) is 34.7 Å². The van der Waals surface area contributed by atoms with Crippen molar-refractivity contribution in [1.29, 1.82) is 0 Å². The molecule has 1 atom stereocenters. The van der Waals surface area contributed by atoms with Gasteiger partial charge >= 0.3 is 6.03 Å². The van der Waals surface area contributed by atoms with Crippen molar-refractivity contribution in [2.45, 2.75) is 25.2 Å². The summed E-state index contributed by atoms with van der Waals surface area (Å²) in [6.45, 7) is 3.00. The summed E-state index contributed by atoms with van der Waals surface area (Å²) in [4.78, 5) is 15.0. The summed E-state index contributed by atoms with van der Waals surface area (Å²) >= 11 is 0. The predicted octanol–water partition coefficient (Wildman–Crippen LogP) is 4.50. The first kappa shape index (κ1) is 17.0. The first-order valence-electron chi connectivity index (χ1n) is 9.69. The summed E-state index contributed by atoms with van der Waals surface area (Å²) in [6.07, 6.45) is -0.421. The molecule has 4 nitrogen and oxygen atoms in total. The largest absolute Gasteiger partial charge is 0.355 e. The van der Waals surface area contributed by atoms with E-state index in [0.29, 0.717) is 13.2 Å². The highest BCUT2D eigenvalue weighted by Gasteiger charge is 2.58. The Hall–Kier alpha value is -3.11. The SMILES string of the molecule is CCOC1N(Cc2ccccc2)C(=O)NC12c1ccccc1-c1ccccc12. The molecule has 2 amide bonds. The zero-order valence-corrected chi connectivity index (χ0v) is 15.8. The lowest BCUT2D eigenvalue weighted by molar-refractivity contribution is -0.0508. The topological polar surface area (TPSA) is 41.6 Å². The van der Waals surface area contributed by atoms with Crippen LogP contribution in [0.2, 0.25) is 0 Å². The van der Waals surface area contributed by atoms with Crippen molar-refractivity contribution in [1.82, 2.24) is 10.2 Å². The second-order valence-corrected chi connectivity index (χ2v) is 7.25.